The lowest BCUT2D eigenvalue weighted by atomic mass is 10.2. The molecular formula is C9H6Cl2N2O. The van der Waals surface area contributed by atoms with E-state index in [2.05, 4.69) is 4.98 Å². The molecule has 1 aromatic heterocycles. The number of hydrogen-bond acceptors (Lipinski definition) is 3. The zero-order chi connectivity index (χ0) is 10.1. The smallest absolute Gasteiger partial charge is 0.293 e. The van der Waals surface area contributed by atoms with Crippen LogP contribution in [0.25, 0.3) is 11.3 Å². The van der Waals surface area contributed by atoms with Crippen LogP contribution in [-0.2, 0) is 0 Å². The largest absolute Gasteiger partial charge is 0.411 e. The fourth-order valence-corrected chi connectivity index (χ4v) is 1.46. The van der Waals surface area contributed by atoms with E-state index in [1.165, 1.54) is 0 Å². The SMILES string of the molecule is Nc1nc(-c2ccc(Cl)cc2)c(Cl)o1. The van der Waals surface area contributed by atoms with Crippen molar-refractivity contribution in [3.63, 3.8) is 0 Å². The monoisotopic (exact) mass is 228 g/mol. The van der Waals surface area contributed by atoms with Crippen molar-refractivity contribution in [2.75, 3.05) is 5.73 Å². The second-order valence-electron chi connectivity index (χ2n) is 2.68. The van der Waals surface area contributed by atoms with Crippen LogP contribution in [0, 0.1) is 0 Å². The normalized spacial score (nSPS) is 10.4. The summed E-state index contributed by atoms with van der Waals surface area (Å²) in [5, 5.41) is 0.839. The number of benzene rings is 1. The topological polar surface area (TPSA) is 52.0 Å². The summed E-state index contributed by atoms with van der Waals surface area (Å²) in [5.41, 5.74) is 6.71. The predicted octanol–water partition coefficient (Wildman–Crippen LogP) is 3.23. The quantitative estimate of drug-likeness (QED) is 0.816. The van der Waals surface area contributed by atoms with Gasteiger partial charge in [0.1, 0.15) is 5.69 Å². The van der Waals surface area contributed by atoms with Crippen LogP contribution in [0.5, 0.6) is 0 Å². The number of rotatable bonds is 1. The molecule has 0 unspecified atom stereocenters. The third-order valence-electron chi connectivity index (χ3n) is 1.72. The fourth-order valence-electron chi connectivity index (χ4n) is 1.10. The summed E-state index contributed by atoms with van der Waals surface area (Å²) in [5.74, 6) is 0. The molecule has 0 amide bonds. The Labute approximate surface area is 90.4 Å². The molecule has 0 saturated carbocycles. The molecule has 0 atom stereocenters. The molecule has 0 fully saturated rings. The van der Waals surface area contributed by atoms with Crippen molar-refractivity contribution < 1.29 is 4.42 Å². The van der Waals surface area contributed by atoms with Crippen LogP contribution in [0.2, 0.25) is 10.2 Å². The molecule has 1 aromatic carbocycles. The minimum absolute atomic E-state index is 0.0555. The third-order valence-corrected chi connectivity index (χ3v) is 2.23. The van der Waals surface area contributed by atoms with Gasteiger partial charge in [0.15, 0.2) is 0 Å². The Morgan fingerprint density at radius 2 is 1.79 bits per heavy atom. The summed E-state index contributed by atoms with van der Waals surface area (Å²) in [4.78, 5) is 3.95. The molecule has 5 heteroatoms. The van der Waals surface area contributed by atoms with E-state index in [4.69, 9.17) is 33.4 Å². The molecule has 0 spiro atoms. The molecule has 0 aliphatic rings. The van der Waals surface area contributed by atoms with Crippen molar-refractivity contribution in [3.05, 3.63) is 34.5 Å². The van der Waals surface area contributed by atoms with Crippen molar-refractivity contribution in [2.24, 2.45) is 0 Å². The van der Waals surface area contributed by atoms with Crippen LogP contribution < -0.4 is 5.73 Å². The average molecular weight is 229 g/mol. The lowest BCUT2D eigenvalue weighted by molar-refractivity contribution is 0.583. The molecule has 3 nitrogen and oxygen atoms in total. The average Bonchev–Trinajstić information content (AvgIpc) is 2.47. The number of nitrogens with two attached hydrogens (primary N) is 1. The van der Waals surface area contributed by atoms with E-state index in [0.29, 0.717) is 10.7 Å². The van der Waals surface area contributed by atoms with Gasteiger partial charge in [0.2, 0.25) is 5.22 Å². The van der Waals surface area contributed by atoms with Gasteiger partial charge in [0, 0.05) is 10.6 Å². The van der Waals surface area contributed by atoms with Gasteiger partial charge >= 0.3 is 0 Å². The van der Waals surface area contributed by atoms with E-state index in [1.54, 1.807) is 24.3 Å². The molecular weight excluding hydrogens is 223 g/mol. The molecule has 2 N–H and O–H groups in total. The molecule has 0 saturated heterocycles. The first kappa shape index (κ1) is 9.37. The van der Waals surface area contributed by atoms with Gasteiger partial charge in [-0.1, -0.05) is 23.7 Å². The Kier molecular flexibility index (Phi) is 2.35. The number of nitrogens with zero attached hydrogens (tertiary/aromatic N) is 1. The molecule has 72 valence electrons. The summed E-state index contributed by atoms with van der Waals surface area (Å²) in [6.45, 7) is 0. The van der Waals surface area contributed by atoms with Crippen LogP contribution in [0.15, 0.2) is 28.7 Å². The van der Waals surface area contributed by atoms with Gasteiger partial charge in [-0.25, -0.2) is 0 Å². The Morgan fingerprint density at radius 3 is 2.29 bits per heavy atom. The van der Waals surface area contributed by atoms with E-state index < -0.39 is 0 Å². The number of hydrogen-bond donors (Lipinski definition) is 1. The predicted molar refractivity (Wildman–Crippen MR) is 56.4 cm³/mol. The maximum absolute atomic E-state index is 5.78. The van der Waals surface area contributed by atoms with Crippen LogP contribution >= 0.6 is 23.2 Å². The molecule has 14 heavy (non-hydrogen) atoms. The van der Waals surface area contributed by atoms with Gasteiger partial charge in [0.25, 0.3) is 6.01 Å². The second-order valence-corrected chi connectivity index (χ2v) is 3.46. The first-order valence-corrected chi connectivity index (χ1v) is 4.60. The Hall–Kier alpha value is -1.19. The highest BCUT2D eigenvalue weighted by atomic mass is 35.5. The Morgan fingerprint density at radius 1 is 1.14 bits per heavy atom. The van der Waals surface area contributed by atoms with Crippen LogP contribution in [0.1, 0.15) is 0 Å². The lowest BCUT2D eigenvalue weighted by Crippen LogP contribution is -1.83. The van der Waals surface area contributed by atoms with E-state index in [1.807, 2.05) is 0 Å². The molecule has 0 bridgehead atoms. The maximum atomic E-state index is 5.78. The molecule has 1 heterocycles. The highest BCUT2D eigenvalue weighted by Crippen LogP contribution is 2.29. The standard InChI is InChI=1S/C9H6Cl2N2O/c10-6-3-1-5(2-4-6)7-8(11)14-9(12)13-7/h1-4H,(H2,12,13). The molecule has 0 aliphatic carbocycles. The summed E-state index contributed by atoms with van der Waals surface area (Å²) in [6.07, 6.45) is 0. The number of anilines is 1. The van der Waals surface area contributed by atoms with Crippen molar-refractivity contribution in [3.8, 4) is 11.3 Å². The molecule has 2 rings (SSSR count). The van der Waals surface area contributed by atoms with Gasteiger partial charge < -0.3 is 10.2 Å². The van der Waals surface area contributed by atoms with Crippen molar-refractivity contribution in [2.45, 2.75) is 0 Å². The van der Waals surface area contributed by atoms with Crippen LogP contribution in [-0.4, -0.2) is 4.98 Å². The first-order chi connectivity index (χ1) is 6.66. The van der Waals surface area contributed by atoms with Crippen LogP contribution in [0.4, 0.5) is 6.01 Å². The van der Waals surface area contributed by atoms with E-state index in [9.17, 15) is 0 Å². The summed E-state index contributed by atoms with van der Waals surface area (Å²) in [7, 11) is 0. The van der Waals surface area contributed by atoms with E-state index >= 15 is 0 Å². The van der Waals surface area contributed by atoms with Crippen LogP contribution in [0.3, 0.4) is 0 Å². The summed E-state index contributed by atoms with van der Waals surface area (Å²) in [6, 6.07) is 7.15. The number of oxazole rings is 1. The van der Waals surface area contributed by atoms with Gasteiger partial charge in [-0.05, 0) is 23.7 Å². The summed E-state index contributed by atoms with van der Waals surface area (Å²) < 4.78 is 4.90. The van der Waals surface area contributed by atoms with Gasteiger partial charge in [-0.3, -0.25) is 0 Å². The fraction of sp³-hybridized carbons (Fsp3) is 0. The maximum Gasteiger partial charge on any atom is 0.293 e. The molecule has 0 radical (unpaired) electrons. The summed E-state index contributed by atoms with van der Waals surface area (Å²) >= 11 is 11.5. The first-order valence-electron chi connectivity index (χ1n) is 3.84. The minimum atomic E-state index is 0.0555. The van der Waals surface area contributed by atoms with Crippen molar-refractivity contribution in [1.29, 1.82) is 0 Å². The second kappa shape index (κ2) is 3.52. The van der Waals surface area contributed by atoms with Crippen molar-refractivity contribution in [1.82, 2.24) is 4.98 Å². The highest BCUT2D eigenvalue weighted by molar-refractivity contribution is 6.31. The minimum Gasteiger partial charge on any atom is -0.411 e. The number of halogens is 2. The van der Waals surface area contributed by atoms with E-state index in [0.717, 1.165) is 5.56 Å². The van der Waals surface area contributed by atoms with Gasteiger partial charge in [0.05, 0.1) is 0 Å². The molecule has 0 aliphatic heterocycles. The van der Waals surface area contributed by atoms with Gasteiger partial charge in [-0.15, -0.1) is 0 Å². The van der Waals surface area contributed by atoms with E-state index in [-0.39, 0.29) is 11.2 Å². The highest BCUT2D eigenvalue weighted by Gasteiger charge is 2.10. The van der Waals surface area contributed by atoms with Gasteiger partial charge in [-0.2, -0.15) is 4.98 Å². The molecule has 2 aromatic rings. The zero-order valence-electron chi connectivity index (χ0n) is 7.00. The lowest BCUT2D eigenvalue weighted by Gasteiger charge is -1.95. The van der Waals surface area contributed by atoms with Crippen molar-refractivity contribution >= 4 is 29.2 Å². The Balaban J connectivity index is 2.49. The number of aromatic nitrogens is 1. The zero-order valence-corrected chi connectivity index (χ0v) is 8.51. The number of nitrogen functional groups attached to an aromatic ring is 1. The third kappa shape index (κ3) is 1.69. The Bertz CT molecular complexity index is 450.